The summed E-state index contributed by atoms with van der Waals surface area (Å²) in [6.07, 6.45) is 4.40. The molecule has 2 aromatic rings. The molecule has 6 nitrogen and oxygen atoms in total. The number of aromatic nitrogens is 2. The van der Waals surface area contributed by atoms with E-state index in [2.05, 4.69) is 15.3 Å². The van der Waals surface area contributed by atoms with E-state index >= 15 is 0 Å². The fraction of sp³-hybridized carbons (Fsp3) is 0.389. The minimum Gasteiger partial charge on any atom is -0.486 e. The summed E-state index contributed by atoms with van der Waals surface area (Å²) in [6, 6.07) is 5.40. The number of amides is 1. The Kier molecular flexibility index (Phi) is 3.80. The SMILES string of the molecule is Cc1ncc2c(n1)CC[C@H](NC(=O)c1ccc3c(c1)OCCO3)C2. The lowest BCUT2D eigenvalue weighted by atomic mass is 9.92. The van der Waals surface area contributed by atoms with Gasteiger partial charge in [0.1, 0.15) is 19.0 Å². The van der Waals surface area contributed by atoms with Crippen LogP contribution in [-0.4, -0.2) is 35.1 Å². The average Bonchev–Trinajstić information content (AvgIpc) is 2.61. The molecule has 1 aliphatic heterocycles. The maximum absolute atomic E-state index is 12.5. The molecule has 2 heterocycles. The van der Waals surface area contributed by atoms with Crippen LogP contribution in [0.2, 0.25) is 0 Å². The highest BCUT2D eigenvalue weighted by Crippen LogP contribution is 2.30. The zero-order valence-electron chi connectivity index (χ0n) is 13.5. The van der Waals surface area contributed by atoms with Crippen molar-refractivity contribution in [3.05, 3.63) is 47.0 Å². The zero-order chi connectivity index (χ0) is 16.5. The number of carbonyl (C=O) groups excluding carboxylic acids is 1. The van der Waals surface area contributed by atoms with E-state index in [1.165, 1.54) is 0 Å². The monoisotopic (exact) mass is 325 g/mol. The molecule has 0 bridgehead atoms. The topological polar surface area (TPSA) is 73.3 Å². The molecule has 0 unspecified atom stereocenters. The Balaban J connectivity index is 1.46. The largest absolute Gasteiger partial charge is 0.486 e. The molecule has 1 aliphatic carbocycles. The maximum atomic E-state index is 12.5. The molecule has 1 aromatic carbocycles. The molecule has 1 amide bonds. The number of fused-ring (bicyclic) bond motifs is 2. The van der Waals surface area contributed by atoms with E-state index in [1.54, 1.807) is 18.2 Å². The second-order valence-corrected chi connectivity index (χ2v) is 6.16. The number of carbonyl (C=O) groups is 1. The van der Waals surface area contributed by atoms with Crippen LogP contribution in [0.5, 0.6) is 11.5 Å². The lowest BCUT2D eigenvalue weighted by Crippen LogP contribution is -2.39. The number of hydrogen-bond acceptors (Lipinski definition) is 5. The molecule has 0 saturated carbocycles. The summed E-state index contributed by atoms with van der Waals surface area (Å²) in [7, 11) is 0. The van der Waals surface area contributed by atoms with Gasteiger partial charge in [-0.25, -0.2) is 9.97 Å². The van der Waals surface area contributed by atoms with Gasteiger partial charge < -0.3 is 14.8 Å². The third-order valence-electron chi connectivity index (χ3n) is 4.41. The number of nitrogens with one attached hydrogen (secondary N) is 1. The standard InChI is InChI=1S/C18H19N3O3/c1-11-19-10-13-8-14(3-4-15(13)20-11)21-18(22)12-2-5-16-17(9-12)24-7-6-23-16/h2,5,9-10,14H,3-4,6-8H2,1H3,(H,21,22)/t14-/m0/s1. The Hall–Kier alpha value is -2.63. The van der Waals surface area contributed by atoms with E-state index in [4.69, 9.17) is 9.47 Å². The van der Waals surface area contributed by atoms with Crippen LogP contribution in [0.3, 0.4) is 0 Å². The molecule has 1 atom stereocenters. The van der Waals surface area contributed by atoms with Crippen LogP contribution in [0.4, 0.5) is 0 Å². The first-order chi connectivity index (χ1) is 11.7. The van der Waals surface area contributed by atoms with Crippen LogP contribution in [0.25, 0.3) is 0 Å². The Morgan fingerprint density at radius 2 is 2.08 bits per heavy atom. The minimum atomic E-state index is -0.0894. The second kappa shape index (κ2) is 6.11. The fourth-order valence-corrected chi connectivity index (χ4v) is 3.18. The fourth-order valence-electron chi connectivity index (χ4n) is 3.18. The predicted molar refractivity (Wildman–Crippen MR) is 87.5 cm³/mol. The van der Waals surface area contributed by atoms with Crippen molar-refractivity contribution in [1.82, 2.24) is 15.3 Å². The summed E-state index contributed by atoms with van der Waals surface area (Å²) in [6.45, 7) is 2.95. The van der Waals surface area contributed by atoms with Gasteiger partial charge in [0.15, 0.2) is 11.5 Å². The number of aryl methyl sites for hydroxylation is 2. The quantitative estimate of drug-likeness (QED) is 0.912. The van der Waals surface area contributed by atoms with E-state index in [-0.39, 0.29) is 11.9 Å². The van der Waals surface area contributed by atoms with Crippen molar-refractivity contribution in [2.75, 3.05) is 13.2 Å². The Labute approximate surface area is 140 Å². The number of benzene rings is 1. The van der Waals surface area contributed by atoms with E-state index in [1.807, 2.05) is 13.1 Å². The molecule has 24 heavy (non-hydrogen) atoms. The lowest BCUT2D eigenvalue weighted by molar-refractivity contribution is 0.0932. The highest BCUT2D eigenvalue weighted by atomic mass is 16.6. The molecule has 0 radical (unpaired) electrons. The van der Waals surface area contributed by atoms with Gasteiger partial charge in [-0.05, 0) is 49.9 Å². The van der Waals surface area contributed by atoms with Crippen molar-refractivity contribution in [2.45, 2.75) is 32.2 Å². The summed E-state index contributed by atoms with van der Waals surface area (Å²) in [5, 5.41) is 3.11. The normalized spacial score (nSPS) is 18.6. The van der Waals surface area contributed by atoms with Crippen LogP contribution in [0.15, 0.2) is 24.4 Å². The number of hydrogen-bond donors (Lipinski definition) is 1. The van der Waals surface area contributed by atoms with Gasteiger partial charge >= 0.3 is 0 Å². The Morgan fingerprint density at radius 1 is 1.25 bits per heavy atom. The molecular formula is C18H19N3O3. The van der Waals surface area contributed by atoms with Crippen molar-refractivity contribution >= 4 is 5.91 Å². The van der Waals surface area contributed by atoms with Gasteiger partial charge in [-0.15, -0.1) is 0 Å². The second-order valence-electron chi connectivity index (χ2n) is 6.16. The molecule has 124 valence electrons. The minimum absolute atomic E-state index is 0.0894. The highest BCUT2D eigenvalue weighted by Gasteiger charge is 2.23. The first-order valence-corrected chi connectivity index (χ1v) is 8.21. The van der Waals surface area contributed by atoms with Crippen molar-refractivity contribution in [3.63, 3.8) is 0 Å². The lowest BCUT2D eigenvalue weighted by Gasteiger charge is -2.25. The molecular weight excluding hydrogens is 306 g/mol. The Morgan fingerprint density at radius 3 is 2.96 bits per heavy atom. The van der Waals surface area contributed by atoms with Gasteiger partial charge in [-0.2, -0.15) is 0 Å². The van der Waals surface area contributed by atoms with Gasteiger partial charge in [-0.3, -0.25) is 4.79 Å². The predicted octanol–water partition coefficient (Wildman–Crippen LogP) is 1.84. The van der Waals surface area contributed by atoms with Crippen LogP contribution in [0.1, 0.15) is 33.9 Å². The first-order valence-electron chi connectivity index (χ1n) is 8.21. The molecule has 1 N–H and O–H groups in total. The molecule has 0 spiro atoms. The number of rotatable bonds is 2. The van der Waals surface area contributed by atoms with E-state index in [0.29, 0.717) is 30.3 Å². The number of ether oxygens (including phenoxy) is 2. The van der Waals surface area contributed by atoms with Crippen LogP contribution in [-0.2, 0) is 12.8 Å². The summed E-state index contributed by atoms with van der Waals surface area (Å²) in [5.74, 6) is 2.03. The van der Waals surface area contributed by atoms with E-state index in [0.717, 1.165) is 36.3 Å². The Bertz CT molecular complexity index is 791. The summed E-state index contributed by atoms with van der Waals surface area (Å²) >= 11 is 0. The summed E-state index contributed by atoms with van der Waals surface area (Å²) < 4.78 is 11.0. The zero-order valence-corrected chi connectivity index (χ0v) is 13.5. The van der Waals surface area contributed by atoms with Crippen molar-refractivity contribution in [2.24, 2.45) is 0 Å². The molecule has 1 aromatic heterocycles. The smallest absolute Gasteiger partial charge is 0.251 e. The molecule has 6 heteroatoms. The van der Waals surface area contributed by atoms with Crippen LogP contribution in [0, 0.1) is 6.92 Å². The third kappa shape index (κ3) is 2.91. The maximum Gasteiger partial charge on any atom is 0.251 e. The van der Waals surface area contributed by atoms with Gasteiger partial charge in [-0.1, -0.05) is 0 Å². The number of nitrogens with zero attached hydrogens (tertiary/aromatic N) is 2. The van der Waals surface area contributed by atoms with Gasteiger partial charge in [0.05, 0.1) is 0 Å². The molecule has 2 aliphatic rings. The van der Waals surface area contributed by atoms with Crippen molar-refractivity contribution < 1.29 is 14.3 Å². The average molecular weight is 325 g/mol. The van der Waals surface area contributed by atoms with Gasteiger partial charge in [0.2, 0.25) is 0 Å². The molecule has 0 fully saturated rings. The van der Waals surface area contributed by atoms with Crippen molar-refractivity contribution in [3.8, 4) is 11.5 Å². The summed E-state index contributed by atoms with van der Waals surface area (Å²) in [4.78, 5) is 21.3. The third-order valence-corrected chi connectivity index (χ3v) is 4.41. The molecule has 4 rings (SSSR count). The van der Waals surface area contributed by atoms with E-state index in [9.17, 15) is 4.79 Å². The molecule has 0 saturated heterocycles. The first kappa shape index (κ1) is 14.9. The van der Waals surface area contributed by atoms with Gasteiger partial charge in [0, 0.05) is 23.5 Å². The van der Waals surface area contributed by atoms with E-state index < -0.39 is 0 Å². The van der Waals surface area contributed by atoms with Crippen LogP contribution >= 0.6 is 0 Å². The van der Waals surface area contributed by atoms with Crippen molar-refractivity contribution in [1.29, 1.82) is 0 Å². The highest BCUT2D eigenvalue weighted by molar-refractivity contribution is 5.95. The van der Waals surface area contributed by atoms with Gasteiger partial charge in [0.25, 0.3) is 5.91 Å². The summed E-state index contributed by atoms with van der Waals surface area (Å²) in [5.41, 5.74) is 2.82. The van der Waals surface area contributed by atoms with Crippen LogP contribution < -0.4 is 14.8 Å².